The Labute approximate surface area is 109 Å². The average molecular weight is 249 g/mol. The van der Waals surface area contributed by atoms with Gasteiger partial charge in [-0.05, 0) is 37.1 Å². The molecule has 0 bridgehead atoms. The van der Waals surface area contributed by atoms with Crippen LogP contribution in [0.5, 0.6) is 0 Å². The first-order valence-electron chi connectivity index (χ1n) is 6.52. The predicted octanol–water partition coefficient (Wildman–Crippen LogP) is 3.25. The second kappa shape index (κ2) is 6.55. The maximum Gasteiger partial charge on any atom is 0.335 e. The van der Waals surface area contributed by atoms with Gasteiger partial charge in [0.05, 0.1) is 5.56 Å². The van der Waals surface area contributed by atoms with E-state index in [9.17, 15) is 4.79 Å². The fraction of sp³-hybridized carbons (Fsp3) is 0.533. The molecule has 0 aliphatic heterocycles. The van der Waals surface area contributed by atoms with Crippen molar-refractivity contribution in [2.45, 2.75) is 40.3 Å². The third-order valence-corrected chi connectivity index (χ3v) is 3.53. The van der Waals surface area contributed by atoms with Crippen molar-refractivity contribution in [3.8, 4) is 0 Å². The van der Waals surface area contributed by atoms with E-state index in [0.717, 1.165) is 18.7 Å². The summed E-state index contributed by atoms with van der Waals surface area (Å²) in [7, 11) is 0. The lowest BCUT2D eigenvalue weighted by molar-refractivity contribution is 0.0697. The molecule has 1 rings (SSSR count). The minimum atomic E-state index is -0.871. The van der Waals surface area contributed by atoms with Crippen LogP contribution in [-0.2, 0) is 6.54 Å². The average Bonchev–Trinajstić information content (AvgIpc) is 2.35. The first-order chi connectivity index (χ1) is 8.45. The van der Waals surface area contributed by atoms with Crippen LogP contribution >= 0.6 is 0 Å². The Morgan fingerprint density at radius 1 is 1.22 bits per heavy atom. The van der Waals surface area contributed by atoms with Crippen molar-refractivity contribution in [1.82, 2.24) is 4.90 Å². The van der Waals surface area contributed by atoms with Crippen LogP contribution in [0.3, 0.4) is 0 Å². The second-order valence-corrected chi connectivity index (χ2v) is 5.05. The Balaban J connectivity index is 2.73. The summed E-state index contributed by atoms with van der Waals surface area (Å²) in [5, 5.41) is 8.85. The van der Waals surface area contributed by atoms with Gasteiger partial charge < -0.3 is 5.11 Å². The number of carboxylic acids is 1. The van der Waals surface area contributed by atoms with Gasteiger partial charge in [0.25, 0.3) is 0 Å². The van der Waals surface area contributed by atoms with Crippen molar-refractivity contribution in [2.24, 2.45) is 5.92 Å². The van der Waals surface area contributed by atoms with Gasteiger partial charge in [0.1, 0.15) is 0 Å². The zero-order chi connectivity index (χ0) is 13.7. The summed E-state index contributed by atoms with van der Waals surface area (Å²) in [5.74, 6) is -0.257. The molecule has 0 aromatic heterocycles. The molecule has 0 aliphatic rings. The van der Waals surface area contributed by atoms with Crippen molar-refractivity contribution < 1.29 is 9.90 Å². The van der Waals surface area contributed by atoms with Crippen molar-refractivity contribution in [1.29, 1.82) is 0 Å². The van der Waals surface area contributed by atoms with Crippen molar-refractivity contribution in [3.05, 3.63) is 35.4 Å². The largest absolute Gasteiger partial charge is 0.478 e. The lowest BCUT2D eigenvalue weighted by atomic mass is 10.0. The molecular weight excluding hydrogens is 226 g/mol. The van der Waals surface area contributed by atoms with Crippen LogP contribution < -0.4 is 0 Å². The predicted molar refractivity (Wildman–Crippen MR) is 73.8 cm³/mol. The maximum absolute atomic E-state index is 10.8. The van der Waals surface area contributed by atoms with Gasteiger partial charge in [-0.15, -0.1) is 0 Å². The van der Waals surface area contributed by atoms with Gasteiger partial charge in [-0.25, -0.2) is 4.79 Å². The molecule has 0 amide bonds. The Hall–Kier alpha value is -1.35. The summed E-state index contributed by atoms with van der Waals surface area (Å²) in [4.78, 5) is 13.2. The van der Waals surface area contributed by atoms with E-state index in [1.165, 1.54) is 0 Å². The van der Waals surface area contributed by atoms with Crippen LogP contribution in [0.25, 0.3) is 0 Å². The van der Waals surface area contributed by atoms with Gasteiger partial charge in [-0.1, -0.05) is 32.9 Å². The van der Waals surface area contributed by atoms with Crippen LogP contribution in [0.4, 0.5) is 0 Å². The number of hydrogen-bond donors (Lipinski definition) is 1. The van der Waals surface area contributed by atoms with E-state index in [0.29, 0.717) is 17.5 Å². The van der Waals surface area contributed by atoms with Crippen molar-refractivity contribution in [2.75, 3.05) is 6.54 Å². The van der Waals surface area contributed by atoms with E-state index in [1.807, 2.05) is 12.1 Å². The first kappa shape index (κ1) is 14.7. The van der Waals surface area contributed by atoms with Crippen LogP contribution in [-0.4, -0.2) is 28.6 Å². The summed E-state index contributed by atoms with van der Waals surface area (Å²) in [5.41, 5.74) is 1.51. The zero-order valence-electron chi connectivity index (χ0n) is 11.7. The van der Waals surface area contributed by atoms with Crippen LogP contribution in [0.2, 0.25) is 0 Å². The third kappa shape index (κ3) is 3.84. The smallest absolute Gasteiger partial charge is 0.335 e. The molecular formula is C15H23NO2. The molecule has 0 fully saturated rings. The van der Waals surface area contributed by atoms with E-state index in [-0.39, 0.29) is 0 Å². The van der Waals surface area contributed by atoms with Crippen LogP contribution in [0, 0.1) is 5.92 Å². The van der Waals surface area contributed by atoms with Gasteiger partial charge in [0, 0.05) is 12.6 Å². The van der Waals surface area contributed by atoms with Gasteiger partial charge >= 0.3 is 5.97 Å². The Morgan fingerprint density at radius 2 is 1.78 bits per heavy atom. The molecule has 0 saturated carbocycles. The van der Waals surface area contributed by atoms with Crippen LogP contribution in [0.1, 0.15) is 43.6 Å². The molecule has 0 aliphatic carbocycles. The molecule has 3 nitrogen and oxygen atoms in total. The van der Waals surface area contributed by atoms with Gasteiger partial charge in [0.15, 0.2) is 0 Å². The number of nitrogens with zero attached hydrogens (tertiary/aromatic N) is 1. The molecule has 100 valence electrons. The molecule has 1 aromatic carbocycles. The first-order valence-corrected chi connectivity index (χ1v) is 6.52. The zero-order valence-corrected chi connectivity index (χ0v) is 11.7. The second-order valence-electron chi connectivity index (χ2n) is 5.05. The van der Waals surface area contributed by atoms with E-state index < -0.39 is 5.97 Å². The van der Waals surface area contributed by atoms with E-state index in [1.54, 1.807) is 12.1 Å². The standard InChI is InChI=1S/C15H23NO2/c1-5-16(12(4)11(2)3)10-13-6-8-14(9-7-13)15(17)18/h6-9,11-12H,5,10H2,1-4H3,(H,17,18). The lowest BCUT2D eigenvalue weighted by Crippen LogP contribution is -2.36. The lowest BCUT2D eigenvalue weighted by Gasteiger charge is -2.30. The summed E-state index contributed by atoms with van der Waals surface area (Å²) in [6.07, 6.45) is 0. The number of benzene rings is 1. The molecule has 3 heteroatoms. The SMILES string of the molecule is CCN(Cc1ccc(C(=O)O)cc1)C(C)C(C)C. The quantitative estimate of drug-likeness (QED) is 0.841. The summed E-state index contributed by atoms with van der Waals surface area (Å²) >= 11 is 0. The number of aromatic carboxylic acids is 1. The highest BCUT2D eigenvalue weighted by Crippen LogP contribution is 2.14. The summed E-state index contributed by atoms with van der Waals surface area (Å²) in [6, 6.07) is 7.67. The molecule has 1 N–H and O–H groups in total. The van der Waals surface area contributed by atoms with Gasteiger partial charge in [-0.3, -0.25) is 4.90 Å². The van der Waals surface area contributed by atoms with E-state index in [4.69, 9.17) is 5.11 Å². The molecule has 0 spiro atoms. The fourth-order valence-electron chi connectivity index (χ4n) is 1.95. The highest BCUT2D eigenvalue weighted by molar-refractivity contribution is 5.87. The third-order valence-electron chi connectivity index (χ3n) is 3.53. The Morgan fingerprint density at radius 3 is 2.17 bits per heavy atom. The number of hydrogen-bond acceptors (Lipinski definition) is 2. The van der Waals surface area contributed by atoms with Crippen molar-refractivity contribution in [3.63, 3.8) is 0 Å². The molecule has 0 heterocycles. The van der Waals surface area contributed by atoms with Crippen LogP contribution in [0.15, 0.2) is 24.3 Å². The minimum Gasteiger partial charge on any atom is -0.478 e. The highest BCUT2D eigenvalue weighted by Gasteiger charge is 2.15. The van der Waals surface area contributed by atoms with Gasteiger partial charge in [-0.2, -0.15) is 0 Å². The molecule has 1 unspecified atom stereocenters. The minimum absolute atomic E-state index is 0.346. The monoisotopic (exact) mass is 249 g/mol. The summed E-state index contributed by atoms with van der Waals surface area (Å²) in [6.45, 7) is 10.7. The van der Waals surface area contributed by atoms with E-state index >= 15 is 0 Å². The summed E-state index contributed by atoms with van der Waals surface area (Å²) < 4.78 is 0. The Kier molecular flexibility index (Phi) is 5.35. The molecule has 0 radical (unpaired) electrons. The van der Waals surface area contributed by atoms with E-state index in [2.05, 4.69) is 32.6 Å². The normalized spacial score (nSPS) is 13.0. The molecule has 18 heavy (non-hydrogen) atoms. The molecule has 1 atom stereocenters. The molecule has 0 saturated heterocycles. The number of carboxylic acid groups (broad SMARTS) is 1. The maximum atomic E-state index is 10.8. The number of rotatable bonds is 6. The topological polar surface area (TPSA) is 40.5 Å². The number of carbonyl (C=O) groups is 1. The Bertz CT molecular complexity index is 384. The van der Waals surface area contributed by atoms with Gasteiger partial charge in [0.2, 0.25) is 0 Å². The molecule has 1 aromatic rings. The van der Waals surface area contributed by atoms with Crippen molar-refractivity contribution >= 4 is 5.97 Å². The highest BCUT2D eigenvalue weighted by atomic mass is 16.4. The fourth-order valence-corrected chi connectivity index (χ4v) is 1.95.